The highest BCUT2D eigenvalue weighted by molar-refractivity contribution is 7.79. The number of hydrogen-bond acceptors (Lipinski definition) is 6. The van der Waals surface area contributed by atoms with Crippen molar-refractivity contribution in [2.75, 3.05) is 0 Å². The number of ether oxygens (including phenoxy) is 1. The number of hydrogen-bond donors (Lipinski definition) is 1. The first-order valence-electron chi connectivity index (χ1n) is 7.40. The molecule has 2 aromatic rings. The fourth-order valence-corrected chi connectivity index (χ4v) is 3.21. The summed E-state index contributed by atoms with van der Waals surface area (Å²) in [4.78, 5) is 12.5. The molecule has 2 N–H and O–H groups in total. The molecule has 0 aliphatic carbocycles. The minimum atomic E-state index is -1.76. The summed E-state index contributed by atoms with van der Waals surface area (Å²) in [6, 6.07) is 17.5. The summed E-state index contributed by atoms with van der Waals surface area (Å²) in [5, 5.41) is 8.82. The fourth-order valence-electron chi connectivity index (χ4n) is 2.34. The van der Waals surface area contributed by atoms with Crippen LogP contribution < -0.4 is 5.73 Å². The van der Waals surface area contributed by atoms with Gasteiger partial charge in [-0.3, -0.25) is 4.79 Å². The first kappa shape index (κ1) is 16.7. The highest BCUT2D eigenvalue weighted by atomic mass is 32.2. The van der Waals surface area contributed by atoms with Crippen LogP contribution in [0.15, 0.2) is 66.2 Å². The molecule has 0 aromatic heterocycles. The number of benzene rings is 2. The minimum Gasteiger partial charge on any atom is -0.460 e. The Balaban J connectivity index is 1.70. The van der Waals surface area contributed by atoms with Crippen LogP contribution in [0.1, 0.15) is 22.8 Å². The van der Waals surface area contributed by atoms with Crippen LogP contribution in [0.5, 0.6) is 0 Å². The van der Waals surface area contributed by atoms with E-state index >= 15 is 0 Å². The van der Waals surface area contributed by atoms with Gasteiger partial charge in [0.05, 0.1) is 17.4 Å². The molecule has 1 aliphatic rings. The van der Waals surface area contributed by atoms with Crippen LogP contribution in [0.3, 0.4) is 0 Å². The zero-order valence-corrected chi connectivity index (χ0v) is 13.9. The molecule has 6 nitrogen and oxygen atoms in total. The molecule has 25 heavy (non-hydrogen) atoms. The number of carbonyl (C=O) groups excluding carboxylic acids is 1. The molecule has 126 valence electrons. The maximum atomic E-state index is 12.5. The van der Waals surface area contributed by atoms with Gasteiger partial charge in [-0.25, -0.2) is 4.21 Å². The number of ketones is 1. The van der Waals surface area contributed by atoms with E-state index in [2.05, 4.69) is 0 Å². The molecule has 0 fully saturated rings. The molecule has 3 rings (SSSR count). The molecule has 0 bridgehead atoms. The van der Waals surface area contributed by atoms with E-state index in [1.54, 1.807) is 24.3 Å². The standard InChI is InChI=1S/C18H14N2O4S/c19-10-12-6-8-14(9-7-12)16-15(21)17(18(20)23-16)24-25(22)11-13-4-2-1-3-5-13/h1-9,16H,11,20H2. The van der Waals surface area contributed by atoms with Gasteiger partial charge in [0.1, 0.15) is 0 Å². The first-order chi connectivity index (χ1) is 12.1. The lowest BCUT2D eigenvalue weighted by Crippen LogP contribution is -2.13. The van der Waals surface area contributed by atoms with Crippen molar-refractivity contribution >= 4 is 16.9 Å². The third-order valence-electron chi connectivity index (χ3n) is 3.58. The lowest BCUT2D eigenvalue weighted by molar-refractivity contribution is -0.123. The maximum absolute atomic E-state index is 12.5. The van der Waals surface area contributed by atoms with Gasteiger partial charge in [0.25, 0.3) is 0 Å². The summed E-state index contributed by atoms with van der Waals surface area (Å²) in [7, 11) is 0. The van der Waals surface area contributed by atoms with Crippen LogP contribution in [-0.2, 0) is 30.5 Å². The van der Waals surface area contributed by atoms with E-state index in [-0.39, 0.29) is 17.4 Å². The molecule has 1 aliphatic heterocycles. The SMILES string of the molecule is N#Cc1ccc(C2OC(N)=C(OS(=O)Cc3ccccc3)C2=O)cc1. The number of nitriles is 1. The average molecular weight is 354 g/mol. The van der Waals surface area contributed by atoms with Gasteiger partial charge in [-0.05, 0) is 17.7 Å². The Labute approximate surface area is 147 Å². The lowest BCUT2D eigenvalue weighted by atomic mass is 10.0. The van der Waals surface area contributed by atoms with E-state index in [9.17, 15) is 9.00 Å². The van der Waals surface area contributed by atoms with Gasteiger partial charge in [0, 0.05) is 5.56 Å². The van der Waals surface area contributed by atoms with Gasteiger partial charge in [0.15, 0.2) is 6.10 Å². The molecular weight excluding hydrogens is 340 g/mol. The summed E-state index contributed by atoms with van der Waals surface area (Å²) in [5.41, 5.74) is 7.54. The van der Waals surface area contributed by atoms with Gasteiger partial charge >= 0.3 is 0 Å². The molecule has 2 unspecified atom stereocenters. The van der Waals surface area contributed by atoms with E-state index < -0.39 is 23.0 Å². The zero-order valence-electron chi connectivity index (χ0n) is 13.0. The van der Waals surface area contributed by atoms with Crippen LogP contribution in [0.2, 0.25) is 0 Å². The molecule has 2 aromatic carbocycles. The minimum absolute atomic E-state index is 0.131. The van der Waals surface area contributed by atoms with Crippen molar-refractivity contribution in [3.63, 3.8) is 0 Å². The van der Waals surface area contributed by atoms with Crippen LogP contribution in [-0.4, -0.2) is 9.99 Å². The number of rotatable bonds is 5. The Morgan fingerprint density at radius 1 is 1.16 bits per heavy atom. The second-order valence-corrected chi connectivity index (χ2v) is 6.37. The Hall–Kier alpha value is -3.11. The van der Waals surface area contributed by atoms with E-state index in [0.29, 0.717) is 11.1 Å². The van der Waals surface area contributed by atoms with Gasteiger partial charge in [-0.15, -0.1) is 0 Å². The number of nitrogens with zero attached hydrogens (tertiary/aromatic N) is 1. The third-order valence-corrected chi connectivity index (χ3v) is 4.50. The number of nitrogens with two attached hydrogens (primary N) is 1. The third kappa shape index (κ3) is 3.70. The lowest BCUT2D eigenvalue weighted by Gasteiger charge is -2.09. The van der Waals surface area contributed by atoms with Gasteiger partial charge in [-0.1, -0.05) is 42.5 Å². The topological polar surface area (TPSA) is 102 Å². The predicted molar refractivity (Wildman–Crippen MR) is 90.6 cm³/mol. The molecule has 1 heterocycles. The van der Waals surface area contributed by atoms with Crippen molar-refractivity contribution in [3.8, 4) is 6.07 Å². The molecule has 0 saturated heterocycles. The summed E-state index contributed by atoms with van der Waals surface area (Å²) >= 11 is -1.76. The maximum Gasteiger partial charge on any atom is 0.249 e. The average Bonchev–Trinajstić information content (AvgIpc) is 2.91. The normalized spacial score (nSPS) is 17.7. The highest BCUT2D eigenvalue weighted by Crippen LogP contribution is 2.32. The van der Waals surface area contributed by atoms with Gasteiger partial charge in [-0.2, -0.15) is 5.26 Å². The van der Waals surface area contributed by atoms with Crippen LogP contribution in [0.25, 0.3) is 0 Å². The molecule has 7 heteroatoms. The van der Waals surface area contributed by atoms with E-state index in [0.717, 1.165) is 5.56 Å². The summed E-state index contributed by atoms with van der Waals surface area (Å²) in [5.74, 6) is -0.792. The van der Waals surface area contributed by atoms with Crippen molar-refractivity contribution in [1.29, 1.82) is 5.26 Å². The largest absolute Gasteiger partial charge is 0.460 e. The zero-order chi connectivity index (χ0) is 17.8. The van der Waals surface area contributed by atoms with Gasteiger partial charge < -0.3 is 14.7 Å². The van der Waals surface area contributed by atoms with Gasteiger partial charge in [0.2, 0.25) is 28.5 Å². The Bertz CT molecular complexity index is 886. The molecule has 0 saturated carbocycles. The Morgan fingerprint density at radius 2 is 1.84 bits per heavy atom. The summed E-state index contributed by atoms with van der Waals surface area (Å²) < 4.78 is 22.7. The second kappa shape index (κ2) is 7.20. The van der Waals surface area contributed by atoms with Crippen LogP contribution >= 0.6 is 0 Å². The molecular formula is C18H14N2O4S. The highest BCUT2D eigenvalue weighted by Gasteiger charge is 2.38. The van der Waals surface area contributed by atoms with E-state index in [4.69, 9.17) is 19.9 Å². The van der Waals surface area contributed by atoms with Crippen LogP contribution in [0, 0.1) is 11.3 Å². The fraction of sp³-hybridized carbons (Fsp3) is 0.111. The number of Topliss-reactive ketones (excluding diaryl/α,β-unsaturated/α-hetero) is 1. The van der Waals surface area contributed by atoms with Crippen molar-refractivity contribution < 1.29 is 17.9 Å². The van der Waals surface area contributed by atoms with Crippen molar-refractivity contribution in [2.45, 2.75) is 11.9 Å². The predicted octanol–water partition coefficient (Wildman–Crippen LogP) is 2.21. The Kier molecular flexibility index (Phi) is 4.82. The molecule has 0 amide bonds. The molecule has 2 atom stereocenters. The quantitative estimate of drug-likeness (QED) is 0.883. The smallest absolute Gasteiger partial charge is 0.249 e. The molecule has 0 spiro atoms. The summed E-state index contributed by atoms with van der Waals surface area (Å²) in [6.45, 7) is 0. The molecule has 0 radical (unpaired) electrons. The summed E-state index contributed by atoms with van der Waals surface area (Å²) in [6.07, 6.45) is -0.962. The van der Waals surface area contributed by atoms with Crippen LogP contribution in [0.4, 0.5) is 0 Å². The monoisotopic (exact) mass is 354 g/mol. The van der Waals surface area contributed by atoms with E-state index in [1.165, 1.54) is 0 Å². The van der Waals surface area contributed by atoms with Crippen molar-refractivity contribution in [2.24, 2.45) is 5.73 Å². The van der Waals surface area contributed by atoms with Crippen molar-refractivity contribution in [3.05, 3.63) is 82.9 Å². The second-order valence-electron chi connectivity index (χ2n) is 5.31. The van der Waals surface area contributed by atoms with Crippen molar-refractivity contribution in [1.82, 2.24) is 0 Å². The van der Waals surface area contributed by atoms with E-state index in [1.807, 2.05) is 36.4 Å². The first-order valence-corrected chi connectivity index (χ1v) is 8.64. The Morgan fingerprint density at radius 3 is 2.48 bits per heavy atom. The number of carbonyl (C=O) groups is 1.